The van der Waals surface area contributed by atoms with Gasteiger partial charge in [0, 0.05) is 0 Å². The van der Waals surface area contributed by atoms with Crippen LogP contribution in [0, 0.1) is 0 Å². The number of hydrogen-bond acceptors (Lipinski definition) is 2. The number of nitrogens with zero attached hydrogens (tertiary/aromatic N) is 1. The second kappa shape index (κ2) is 3.89. The van der Waals surface area contributed by atoms with Gasteiger partial charge in [0.2, 0.25) is 0 Å². The van der Waals surface area contributed by atoms with Crippen LogP contribution in [0.4, 0.5) is 0 Å². The fraction of sp³-hybridized carbons (Fsp3) is 0.909. The van der Waals surface area contributed by atoms with E-state index in [0.29, 0.717) is 0 Å². The molecule has 1 aliphatic carbocycles. The second-order valence-corrected chi connectivity index (χ2v) is 4.59. The fourth-order valence-corrected chi connectivity index (χ4v) is 2.68. The number of aliphatic carboxylic acids is 1. The van der Waals surface area contributed by atoms with Crippen molar-refractivity contribution in [3.63, 3.8) is 0 Å². The van der Waals surface area contributed by atoms with Crippen molar-refractivity contribution in [3.8, 4) is 0 Å². The SMILES string of the molecule is O=C(O)C1(N2CCCCCC2)CCC1. The average molecular weight is 197 g/mol. The molecule has 0 bridgehead atoms. The molecule has 0 aromatic heterocycles. The van der Waals surface area contributed by atoms with Crippen molar-refractivity contribution in [1.29, 1.82) is 0 Å². The number of carboxylic acid groups (broad SMARTS) is 1. The molecule has 3 nitrogen and oxygen atoms in total. The molecule has 2 fully saturated rings. The lowest BCUT2D eigenvalue weighted by Gasteiger charge is -2.46. The molecule has 1 N–H and O–H groups in total. The van der Waals surface area contributed by atoms with Crippen LogP contribution in [-0.2, 0) is 4.79 Å². The molecule has 0 aromatic carbocycles. The Kier molecular flexibility index (Phi) is 2.77. The van der Waals surface area contributed by atoms with E-state index in [0.717, 1.165) is 32.4 Å². The van der Waals surface area contributed by atoms with E-state index in [1.807, 2.05) is 0 Å². The van der Waals surface area contributed by atoms with Gasteiger partial charge in [0.1, 0.15) is 5.54 Å². The van der Waals surface area contributed by atoms with Crippen LogP contribution in [0.2, 0.25) is 0 Å². The van der Waals surface area contributed by atoms with Gasteiger partial charge >= 0.3 is 5.97 Å². The van der Waals surface area contributed by atoms with Crippen LogP contribution in [0.25, 0.3) is 0 Å². The van der Waals surface area contributed by atoms with Crippen LogP contribution in [0.1, 0.15) is 44.9 Å². The molecule has 2 rings (SSSR count). The fourth-order valence-electron chi connectivity index (χ4n) is 2.68. The van der Waals surface area contributed by atoms with E-state index >= 15 is 0 Å². The molecule has 0 amide bonds. The van der Waals surface area contributed by atoms with Crippen molar-refractivity contribution in [2.45, 2.75) is 50.5 Å². The van der Waals surface area contributed by atoms with E-state index in [9.17, 15) is 9.90 Å². The van der Waals surface area contributed by atoms with Gasteiger partial charge in [0.05, 0.1) is 0 Å². The zero-order valence-electron chi connectivity index (χ0n) is 8.67. The van der Waals surface area contributed by atoms with Crippen LogP contribution in [0.5, 0.6) is 0 Å². The zero-order chi connectivity index (χ0) is 10.0. The van der Waals surface area contributed by atoms with E-state index in [4.69, 9.17) is 0 Å². The van der Waals surface area contributed by atoms with Crippen molar-refractivity contribution in [2.24, 2.45) is 0 Å². The van der Waals surface area contributed by atoms with Gasteiger partial charge in [0.15, 0.2) is 0 Å². The molecule has 0 spiro atoms. The molecule has 0 atom stereocenters. The molecular weight excluding hydrogens is 178 g/mol. The van der Waals surface area contributed by atoms with Gasteiger partial charge in [-0.05, 0) is 45.2 Å². The second-order valence-electron chi connectivity index (χ2n) is 4.59. The summed E-state index contributed by atoms with van der Waals surface area (Å²) >= 11 is 0. The summed E-state index contributed by atoms with van der Waals surface area (Å²) < 4.78 is 0. The molecule has 1 saturated heterocycles. The number of likely N-dealkylation sites (tertiary alicyclic amines) is 1. The molecule has 2 aliphatic rings. The Morgan fingerprint density at radius 2 is 1.57 bits per heavy atom. The predicted molar refractivity (Wildman–Crippen MR) is 54.3 cm³/mol. The summed E-state index contributed by atoms with van der Waals surface area (Å²) in [6, 6.07) is 0. The molecule has 1 heterocycles. The maximum absolute atomic E-state index is 11.3. The van der Waals surface area contributed by atoms with Crippen molar-refractivity contribution in [1.82, 2.24) is 4.90 Å². The standard InChI is InChI=1S/C11H19NO2/c13-10(14)11(6-5-7-11)12-8-3-1-2-4-9-12/h1-9H2,(H,13,14). The van der Waals surface area contributed by atoms with Crippen LogP contribution in [-0.4, -0.2) is 34.6 Å². The van der Waals surface area contributed by atoms with E-state index in [-0.39, 0.29) is 0 Å². The zero-order valence-corrected chi connectivity index (χ0v) is 8.67. The number of carbonyl (C=O) groups is 1. The van der Waals surface area contributed by atoms with E-state index in [1.54, 1.807) is 0 Å². The Labute approximate surface area is 85.1 Å². The molecule has 1 aliphatic heterocycles. The van der Waals surface area contributed by atoms with E-state index < -0.39 is 11.5 Å². The molecule has 0 aromatic rings. The van der Waals surface area contributed by atoms with Crippen molar-refractivity contribution in [3.05, 3.63) is 0 Å². The summed E-state index contributed by atoms with van der Waals surface area (Å²) in [5, 5.41) is 9.29. The molecular formula is C11H19NO2. The first kappa shape index (κ1) is 9.97. The maximum Gasteiger partial charge on any atom is 0.324 e. The normalized spacial score (nSPS) is 27.7. The molecule has 14 heavy (non-hydrogen) atoms. The van der Waals surface area contributed by atoms with Gasteiger partial charge in [-0.1, -0.05) is 12.8 Å². The lowest BCUT2D eigenvalue weighted by atomic mass is 9.75. The lowest BCUT2D eigenvalue weighted by Crippen LogP contribution is -2.59. The van der Waals surface area contributed by atoms with Crippen molar-refractivity contribution < 1.29 is 9.90 Å². The summed E-state index contributed by atoms with van der Waals surface area (Å²) in [7, 11) is 0. The molecule has 1 saturated carbocycles. The highest BCUT2D eigenvalue weighted by atomic mass is 16.4. The Morgan fingerprint density at radius 3 is 1.93 bits per heavy atom. The van der Waals surface area contributed by atoms with Crippen LogP contribution in [0.15, 0.2) is 0 Å². The summed E-state index contributed by atoms with van der Waals surface area (Å²) in [5.74, 6) is -0.592. The highest BCUT2D eigenvalue weighted by Gasteiger charge is 2.48. The van der Waals surface area contributed by atoms with Gasteiger partial charge in [0.25, 0.3) is 0 Å². The number of carboxylic acids is 1. The van der Waals surface area contributed by atoms with Gasteiger partial charge in [-0.3, -0.25) is 9.69 Å². The third-order valence-electron chi connectivity index (χ3n) is 3.79. The van der Waals surface area contributed by atoms with Crippen molar-refractivity contribution in [2.75, 3.05) is 13.1 Å². The lowest BCUT2D eigenvalue weighted by molar-refractivity contribution is -0.158. The maximum atomic E-state index is 11.3. The number of hydrogen-bond donors (Lipinski definition) is 1. The Hall–Kier alpha value is -0.570. The smallest absolute Gasteiger partial charge is 0.324 e. The quantitative estimate of drug-likeness (QED) is 0.734. The van der Waals surface area contributed by atoms with Crippen LogP contribution in [0.3, 0.4) is 0 Å². The van der Waals surface area contributed by atoms with Crippen LogP contribution < -0.4 is 0 Å². The first-order chi connectivity index (χ1) is 6.76. The topological polar surface area (TPSA) is 40.5 Å². The van der Waals surface area contributed by atoms with Crippen molar-refractivity contribution >= 4 is 5.97 Å². The van der Waals surface area contributed by atoms with Gasteiger partial charge in [-0.25, -0.2) is 0 Å². The largest absolute Gasteiger partial charge is 0.480 e. The van der Waals surface area contributed by atoms with Gasteiger partial charge < -0.3 is 5.11 Å². The minimum Gasteiger partial charge on any atom is -0.480 e. The predicted octanol–water partition coefficient (Wildman–Crippen LogP) is 1.87. The van der Waals surface area contributed by atoms with E-state index in [1.165, 1.54) is 25.7 Å². The third-order valence-corrected chi connectivity index (χ3v) is 3.79. The minimum atomic E-state index is -0.592. The summed E-state index contributed by atoms with van der Waals surface area (Å²) in [4.78, 5) is 13.5. The van der Waals surface area contributed by atoms with E-state index in [2.05, 4.69) is 4.90 Å². The average Bonchev–Trinajstić information content (AvgIpc) is 2.30. The molecule has 80 valence electrons. The Morgan fingerprint density at radius 1 is 1.00 bits per heavy atom. The minimum absolute atomic E-state index is 0.468. The first-order valence-electron chi connectivity index (χ1n) is 5.74. The molecule has 0 unspecified atom stereocenters. The molecule has 0 radical (unpaired) electrons. The van der Waals surface area contributed by atoms with Gasteiger partial charge in [-0.15, -0.1) is 0 Å². The highest BCUT2D eigenvalue weighted by Crippen LogP contribution is 2.39. The Balaban J connectivity index is 2.06. The third kappa shape index (κ3) is 1.54. The summed E-state index contributed by atoms with van der Waals surface area (Å²) in [5.41, 5.74) is -0.468. The number of rotatable bonds is 2. The highest BCUT2D eigenvalue weighted by molar-refractivity contribution is 5.80. The Bertz CT molecular complexity index is 215. The molecule has 3 heteroatoms. The van der Waals surface area contributed by atoms with Crippen LogP contribution >= 0.6 is 0 Å². The first-order valence-corrected chi connectivity index (χ1v) is 5.74. The van der Waals surface area contributed by atoms with Gasteiger partial charge in [-0.2, -0.15) is 0 Å². The summed E-state index contributed by atoms with van der Waals surface area (Å²) in [6.07, 6.45) is 7.70. The summed E-state index contributed by atoms with van der Waals surface area (Å²) in [6.45, 7) is 1.98. The monoisotopic (exact) mass is 197 g/mol.